The van der Waals surface area contributed by atoms with Crippen LogP contribution >= 0.6 is 0 Å². The Balaban J connectivity index is 1.65. The Labute approximate surface area is 141 Å². The number of benzene rings is 1. The number of imidazole rings is 1. The zero-order chi connectivity index (χ0) is 17.4. The molecular weight excluding hydrogens is 333 g/mol. The SMILES string of the molecule is FC(F)(F)c1ccccc1Cn1ncc2[nH]c(C3CCOCC3)nc21. The van der Waals surface area contributed by atoms with Gasteiger partial charge in [-0.1, -0.05) is 18.2 Å². The lowest BCUT2D eigenvalue weighted by atomic mass is 10.00. The van der Waals surface area contributed by atoms with E-state index in [0.29, 0.717) is 18.9 Å². The van der Waals surface area contributed by atoms with E-state index in [0.717, 1.165) is 30.2 Å². The molecule has 0 bridgehead atoms. The normalized spacial score (nSPS) is 16.6. The van der Waals surface area contributed by atoms with Crippen LogP contribution in [0.2, 0.25) is 0 Å². The van der Waals surface area contributed by atoms with Crippen LogP contribution in [0.4, 0.5) is 13.2 Å². The van der Waals surface area contributed by atoms with Crippen molar-refractivity contribution in [3.63, 3.8) is 0 Å². The Morgan fingerprint density at radius 3 is 2.72 bits per heavy atom. The molecule has 2 aromatic heterocycles. The van der Waals surface area contributed by atoms with Crippen molar-refractivity contribution in [1.82, 2.24) is 19.7 Å². The minimum atomic E-state index is -4.39. The first-order valence-electron chi connectivity index (χ1n) is 8.16. The van der Waals surface area contributed by atoms with Gasteiger partial charge in [-0.05, 0) is 24.5 Å². The number of hydrogen-bond acceptors (Lipinski definition) is 3. The fourth-order valence-corrected chi connectivity index (χ4v) is 3.24. The number of rotatable bonds is 3. The summed E-state index contributed by atoms with van der Waals surface area (Å²) in [6.45, 7) is 1.43. The van der Waals surface area contributed by atoms with Crippen LogP contribution in [0.1, 0.15) is 35.7 Å². The molecule has 4 rings (SSSR count). The third-order valence-corrected chi connectivity index (χ3v) is 4.55. The fraction of sp³-hybridized carbons (Fsp3) is 0.412. The second kappa shape index (κ2) is 6.18. The van der Waals surface area contributed by atoms with Gasteiger partial charge in [0.25, 0.3) is 0 Å². The summed E-state index contributed by atoms with van der Waals surface area (Å²) in [5.41, 5.74) is 0.860. The first kappa shape index (κ1) is 16.1. The molecule has 1 N–H and O–H groups in total. The van der Waals surface area contributed by atoms with E-state index in [1.807, 2.05) is 0 Å². The molecule has 0 radical (unpaired) electrons. The Morgan fingerprint density at radius 1 is 1.20 bits per heavy atom. The molecule has 0 atom stereocenters. The number of aromatic nitrogens is 4. The van der Waals surface area contributed by atoms with Gasteiger partial charge in [-0.15, -0.1) is 0 Å². The number of nitrogens with zero attached hydrogens (tertiary/aromatic N) is 3. The largest absolute Gasteiger partial charge is 0.416 e. The van der Waals surface area contributed by atoms with Gasteiger partial charge in [0.1, 0.15) is 11.3 Å². The summed E-state index contributed by atoms with van der Waals surface area (Å²) in [4.78, 5) is 7.84. The standard InChI is InChI=1S/C17H17F3N4O/c18-17(19,20)13-4-2-1-3-12(13)10-24-16-14(9-21-24)22-15(23-16)11-5-7-25-8-6-11/h1-4,9,11H,5-8,10H2,(H,22,23). The number of alkyl halides is 3. The molecule has 1 fully saturated rings. The highest BCUT2D eigenvalue weighted by Gasteiger charge is 2.33. The zero-order valence-electron chi connectivity index (χ0n) is 13.4. The molecule has 5 nitrogen and oxygen atoms in total. The van der Waals surface area contributed by atoms with Crippen LogP contribution in [0.25, 0.3) is 11.2 Å². The summed E-state index contributed by atoms with van der Waals surface area (Å²) in [5, 5.41) is 4.19. The molecule has 1 aliphatic rings. The third-order valence-electron chi connectivity index (χ3n) is 4.55. The lowest BCUT2D eigenvalue weighted by Crippen LogP contribution is -2.15. The van der Waals surface area contributed by atoms with Gasteiger partial charge in [0, 0.05) is 19.1 Å². The lowest BCUT2D eigenvalue weighted by molar-refractivity contribution is -0.138. The Hall–Kier alpha value is -2.35. The smallest absolute Gasteiger partial charge is 0.381 e. The molecule has 0 spiro atoms. The molecule has 1 saturated heterocycles. The van der Waals surface area contributed by atoms with Crippen molar-refractivity contribution in [3.05, 3.63) is 47.4 Å². The third kappa shape index (κ3) is 3.13. The zero-order valence-corrected chi connectivity index (χ0v) is 13.4. The first-order chi connectivity index (χ1) is 12.0. The maximum atomic E-state index is 13.2. The number of ether oxygens (including phenoxy) is 1. The average molecular weight is 350 g/mol. The summed E-state index contributed by atoms with van der Waals surface area (Å²) in [6, 6.07) is 5.56. The number of halogens is 3. The molecule has 0 unspecified atom stereocenters. The van der Waals surface area contributed by atoms with E-state index in [9.17, 15) is 13.2 Å². The Kier molecular flexibility index (Phi) is 3.99. The summed E-state index contributed by atoms with van der Waals surface area (Å²) < 4.78 is 46.4. The summed E-state index contributed by atoms with van der Waals surface area (Å²) in [7, 11) is 0. The summed E-state index contributed by atoms with van der Waals surface area (Å²) in [6.07, 6.45) is -0.996. The molecule has 132 valence electrons. The molecule has 3 aromatic rings. The fourth-order valence-electron chi connectivity index (χ4n) is 3.24. The second-order valence-corrected chi connectivity index (χ2v) is 6.20. The van der Waals surface area contributed by atoms with Gasteiger partial charge in [-0.3, -0.25) is 0 Å². The predicted molar refractivity (Wildman–Crippen MR) is 85.2 cm³/mol. The van der Waals surface area contributed by atoms with Crippen molar-refractivity contribution in [2.75, 3.05) is 13.2 Å². The quantitative estimate of drug-likeness (QED) is 0.783. The van der Waals surface area contributed by atoms with Crippen molar-refractivity contribution >= 4 is 11.2 Å². The highest BCUT2D eigenvalue weighted by Crippen LogP contribution is 2.32. The van der Waals surface area contributed by atoms with Crippen LogP contribution in [0, 0.1) is 0 Å². The molecule has 3 heterocycles. The minimum Gasteiger partial charge on any atom is -0.381 e. The van der Waals surface area contributed by atoms with Crippen LogP contribution in [0.5, 0.6) is 0 Å². The molecule has 1 aliphatic heterocycles. The molecular formula is C17H17F3N4O. The van der Waals surface area contributed by atoms with E-state index < -0.39 is 11.7 Å². The van der Waals surface area contributed by atoms with Gasteiger partial charge < -0.3 is 9.72 Å². The number of nitrogens with one attached hydrogen (secondary N) is 1. The average Bonchev–Trinajstić information content (AvgIpc) is 3.17. The molecule has 25 heavy (non-hydrogen) atoms. The number of hydrogen-bond donors (Lipinski definition) is 1. The van der Waals surface area contributed by atoms with E-state index in [-0.39, 0.29) is 18.0 Å². The molecule has 0 saturated carbocycles. The maximum Gasteiger partial charge on any atom is 0.416 e. The Morgan fingerprint density at radius 2 is 1.96 bits per heavy atom. The van der Waals surface area contributed by atoms with Crippen molar-refractivity contribution in [3.8, 4) is 0 Å². The Bertz CT molecular complexity index is 878. The van der Waals surface area contributed by atoms with Crippen molar-refractivity contribution < 1.29 is 17.9 Å². The van der Waals surface area contributed by atoms with E-state index in [1.54, 1.807) is 12.3 Å². The van der Waals surface area contributed by atoms with Crippen LogP contribution in [-0.2, 0) is 17.5 Å². The highest BCUT2D eigenvalue weighted by molar-refractivity contribution is 5.70. The van der Waals surface area contributed by atoms with Gasteiger partial charge in [0.15, 0.2) is 5.65 Å². The number of H-pyrrole nitrogens is 1. The van der Waals surface area contributed by atoms with E-state index in [2.05, 4.69) is 15.1 Å². The van der Waals surface area contributed by atoms with Gasteiger partial charge >= 0.3 is 6.18 Å². The summed E-state index contributed by atoms with van der Waals surface area (Å²) >= 11 is 0. The molecule has 0 aliphatic carbocycles. The summed E-state index contributed by atoms with van der Waals surface area (Å²) in [5.74, 6) is 1.14. The van der Waals surface area contributed by atoms with Crippen LogP contribution in [-0.4, -0.2) is 33.0 Å². The molecule has 0 amide bonds. The second-order valence-electron chi connectivity index (χ2n) is 6.20. The lowest BCUT2D eigenvalue weighted by Gasteiger charge is -2.19. The van der Waals surface area contributed by atoms with Gasteiger partial charge in [0.05, 0.1) is 18.3 Å². The van der Waals surface area contributed by atoms with Crippen molar-refractivity contribution in [2.45, 2.75) is 31.5 Å². The highest BCUT2D eigenvalue weighted by atomic mass is 19.4. The van der Waals surface area contributed by atoms with E-state index in [1.165, 1.54) is 16.8 Å². The molecule has 8 heteroatoms. The first-order valence-corrected chi connectivity index (χ1v) is 8.16. The van der Waals surface area contributed by atoms with Gasteiger partial charge in [-0.25, -0.2) is 9.67 Å². The van der Waals surface area contributed by atoms with E-state index >= 15 is 0 Å². The topological polar surface area (TPSA) is 55.7 Å². The molecule has 1 aromatic carbocycles. The van der Waals surface area contributed by atoms with Crippen LogP contribution < -0.4 is 0 Å². The number of aromatic amines is 1. The van der Waals surface area contributed by atoms with Gasteiger partial charge in [0.2, 0.25) is 0 Å². The van der Waals surface area contributed by atoms with Crippen molar-refractivity contribution in [2.24, 2.45) is 0 Å². The monoisotopic (exact) mass is 350 g/mol. The minimum absolute atomic E-state index is 0.0251. The van der Waals surface area contributed by atoms with Crippen LogP contribution in [0.15, 0.2) is 30.5 Å². The van der Waals surface area contributed by atoms with E-state index in [4.69, 9.17) is 4.74 Å². The van der Waals surface area contributed by atoms with Gasteiger partial charge in [-0.2, -0.15) is 18.3 Å². The predicted octanol–water partition coefficient (Wildman–Crippen LogP) is 3.72. The van der Waals surface area contributed by atoms with Crippen LogP contribution in [0.3, 0.4) is 0 Å². The maximum absolute atomic E-state index is 13.2. The number of fused-ring (bicyclic) bond motifs is 1. The van der Waals surface area contributed by atoms with Crippen molar-refractivity contribution in [1.29, 1.82) is 0 Å².